The number of anilines is 1. The standard InChI is InChI=1S/C12H14ClN3O3/c13-9-5-4-8(7-11(9)16(18)19)15-12(17)10-3-1-2-6-14-10/h4-5,7,10,14H,1-3,6H2,(H,15,17)/t10-/m0/s1. The maximum absolute atomic E-state index is 12.0. The van der Waals surface area contributed by atoms with Gasteiger partial charge in [-0.3, -0.25) is 14.9 Å². The minimum absolute atomic E-state index is 0.0544. The molecule has 1 aliphatic heterocycles. The number of carbonyl (C=O) groups excluding carboxylic acids is 1. The molecule has 1 aromatic rings. The number of hydrogen-bond acceptors (Lipinski definition) is 4. The number of halogens is 1. The number of amides is 1. The molecule has 0 spiro atoms. The summed E-state index contributed by atoms with van der Waals surface area (Å²) in [4.78, 5) is 22.1. The molecule has 19 heavy (non-hydrogen) atoms. The maximum atomic E-state index is 12.0. The Labute approximate surface area is 115 Å². The van der Waals surface area contributed by atoms with Crippen molar-refractivity contribution in [1.29, 1.82) is 0 Å². The molecule has 2 N–H and O–H groups in total. The first-order valence-corrected chi connectivity index (χ1v) is 6.44. The number of carbonyl (C=O) groups is 1. The van der Waals surface area contributed by atoms with Gasteiger partial charge in [0.05, 0.1) is 11.0 Å². The number of nitrogens with one attached hydrogen (secondary N) is 2. The second kappa shape index (κ2) is 5.99. The van der Waals surface area contributed by atoms with Crippen molar-refractivity contribution in [1.82, 2.24) is 5.32 Å². The van der Waals surface area contributed by atoms with Gasteiger partial charge >= 0.3 is 0 Å². The van der Waals surface area contributed by atoms with Crippen LogP contribution in [0.5, 0.6) is 0 Å². The van der Waals surface area contributed by atoms with Crippen molar-refractivity contribution in [3.05, 3.63) is 33.3 Å². The Morgan fingerprint density at radius 3 is 2.89 bits per heavy atom. The second-order valence-electron chi connectivity index (χ2n) is 4.42. The Morgan fingerprint density at radius 2 is 2.26 bits per heavy atom. The van der Waals surface area contributed by atoms with Crippen LogP contribution in [0.25, 0.3) is 0 Å². The number of hydrogen-bond donors (Lipinski definition) is 2. The Kier molecular flexibility index (Phi) is 4.34. The highest BCUT2D eigenvalue weighted by atomic mass is 35.5. The number of nitro groups is 1. The zero-order valence-electron chi connectivity index (χ0n) is 10.2. The fourth-order valence-corrected chi connectivity index (χ4v) is 2.22. The van der Waals surface area contributed by atoms with Crippen LogP contribution in [0.3, 0.4) is 0 Å². The Hall–Kier alpha value is -1.66. The van der Waals surface area contributed by atoms with E-state index in [1.165, 1.54) is 12.1 Å². The summed E-state index contributed by atoms with van der Waals surface area (Å²) >= 11 is 5.71. The molecule has 0 bridgehead atoms. The molecule has 1 heterocycles. The van der Waals surface area contributed by atoms with Crippen LogP contribution < -0.4 is 10.6 Å². The third kappa shape index (κ3) is 3.42. The molecule has 0 radical (unpaired) electrons. The summed E-state index contributed by atoms with van der Waals surface area (Å²) in [5.41, 5.74) is 0.171. The number of piperidine rings is 1. The lowest BCUT2D eigenvalue weighted by atomic mass is 10.0. The normalized spacial score (nSPS) is 18.9. The van der Waals surface area contributed by atoms with Crippen molar-refractivity contribution in [2.45, 2.75) is 25.3 Å². The van der Waals surface area contributed by atoms with Gasteiger partial charge in [0.25, 0.3) is 5.69 Å². The lowest BCUT2D eigenvalue weighted by molar-refractivity contribution is -0.384. The van der Waals surface area contributed by atoms with Gasteiger partial charge in [0, 0.05) is 11.8 Å². The van der Waals surface area contributed by atoms with Gasteiger partial charge in [-0.05, 0) is 31.5 Å². The number of nitro benzene ring substituents is 1. The molecule has 1 aliphatic rings. The minimum Gasteiger partial charge on any atom is -0.324 e. The molecule has 6 nitrogen and oxygen atoms in total. The van der Waals surface area contributed by atoms with Crippen molar-refractivity contribution in [2.24, 2.45) is 0 Å². The van der Waals surface area contributed by atoms with Crippen LogP contribution in [0, 0.1) is 10.1 Å². The number of rotatable bonds is 3. The van der Waals surface area contributed by atoms with E-state index < -0.39 is 4.92 Å². The van der Waals surface area contributed by atoms with Gasteiger partial charge in [-0.25, -0.2) is 0 Å². The zero-order valence-corrected chi connectivity index (χ0v) is 10.9. The van der Waals surface area contributed by atoms with E-state index >= 15 is 0 Å². The van der Waals surface area contributed by atoms with Crippen LogP contribution in [-0.4, -0.2) is 23.4 Å². The molecule has 0 saturated carbocycles. The van der Waals surface area contributed by atoms with E-state index in [9.17, 15) is 14.9 Å². The van der Waals surface area contributed by atoms with Crippen LogP contribution in [0.15, 0.2) is 18.2 Å². The summed E-state index contributed by atoms with van der Waals surface area (Å²) < 4.78 is 0. The van der Waals surface area contributed by atoms with Gasteiger partial charge in [-0.2, -0.15) is 0 Å². The highest BCUT2D eigenvalue weighted by Gasteiger charge is 2.21. The molecule has 1 aromatic carbocycles. The first-order valence-electron chi connectivity index (χ1n) is 6.06. The van der Waals surface area contributed by atoms with Gasteiger partial charge in [-0.15, -0.1) is 0 Å². The monoisotopic (exact) mass is 283 g/mol. The summed E-state index contributed by atoms with van der Waals surface area (Å²) in [5.74, 6) is -0.170. The Morgan fingerprint density at radius 1 is 1.47 bits per heavy atom. The van der Waals surface area contributed by atoms with Gasteiger partial charge in [0.1, 0.15) is 5.02 Å². The molecular formula is C12H14ClN3O3. The summed E-state index contributed by atoms with van der Waals surface area (Å²) in [6.45, 7) is 0.818. The fraction of sp³-hybridized carbons (Fsp3) is 0.417. The van der Waals surface area contributed by atoms with Crippen LogP contribution in [0.1, 0.15) is 19.3 Å². The van der Waals surface area contributed by atoms with Crippen molar-refractivity contribution in [3.8, 4) is 0 Å². The van der Waals surface area contributed by atoms with Crippen molar-refractivity contribution in [3.63, 3.8) is 0 Å². The molecule has 0 aromatic heterocycles. The predicted molar refractivity (Wildman–Crippen MR) is 72.4 cm³/mol. The largest absolute Gasteiger partial charge is 0.324 e. The first-order chi connectivity index (χ1) is 9.08. The van der Waals surface area contributed by atoms with Crippen molar-refractivity contribution in [2.75, 3.05) is 11.9 Å². The SMILES string of the molecule is O=C(Nc1ccc(Cl)c([N+](=O)[O-])c1)[C@@H]1CCCCN1. The Balaban J connectivity index is 2.08. The predicted octanol–water partition coefficient (Wildman–Crippen LogP) is 2.33. The van der Waals surface area contributed by atoms with Crippen LogP contribution in [0.2, 0.25) is 5.02 Å². The number of benzene rings is 1. The highest BCUT2D eigenvalue weighted by molar-refractivity contribution is 6.32. The molecule has 0 unspecified atom stereocenters. The molecule has 1 fully saturated rings. The van der Waals surface area contributed by atoms with E-state index in [0.29, 0.717) is 5.69 Å². The molecule has 1 amide bonds. The van der Waals surface area contributed by atoms with E-state index in [-0.39, 0.29) is 22.7 Å². The van der Waals surface area contributed by atoms with E-state index in [2.05, 4.69) is 10.6 Å². The van der Waals surface area contributed by atoms with E-state index in [1.54, 1.807) is 6.07 Å². The van der Waals surface area contributed by atoms with Crippen molar-refractivity contribution < 1.29 is 9.72 Å². The van der Waals surface area contributed by atoms with Gasteiger partial charge in [0.2, 0.25) is 5.91 Å². The second-order valence-corrected chi connectivity index (χ2v) is 4.82. The van der Waals surface area contributed by atoms with Crippen molar-refractivity contribution >= 4 is 28.9 Å². The fourth-order valence-electron chi connectivity index (χ4n) is 2.04. The van der Waals surface area contributed by atoms with Gasteiger partial charge < -0.3 is 10.6 Å². The summed E-state index contributed by atoms with van der Waals surface area (Å²) in [5, 5.41) is 16.6. The molecule has 7 heteroatoms. The third-order valence-corrected chi connectivity index (χ3v) is 3.36. The maximum Gasteiger partial charge on any atom is 0.289 e. The topological polar surface area (TPSA) is 84.3 Å². The smallest absolute Gasteiger partial charge is 0.289 e. The van der Waals surface area contributed by atoms with Gasteiger partial charge in [0.15, 0.2) is 0 Å². The van der Waals surface area contributed by atoms with Gasteiger partial charge in [-0.1, -0.05) is 18.0 Å². The van der Waals surface area contributed by atoms with Crippen LogP contribution in [-0.2, 0) is 4.79 Å². The molecular weight excluding hydrogens is 270 g/mol. The third-order valence-electron chi connectivity index (χ3n) is 3.04. The Bertz CT molecular complexity index is 501. The van der Waals surface area contributed by atoms with E-state index in [1.807, 2.05) is 0 Å². The minimum atomic E-state index is -0.573. The highest BCUT2D eigenvalue weighted by Crippen LogP contribution is 2.27. The lowest BCUT2D eigenvalue weighted by Crippen LogP contribution is -2.43. The summed E-state index contributed by atoms with van der Waals surface area (Å²) in [6, 6.07) is 3.99. The molecule has 0 aliphatic carbocycles. The summed E-state index contributed by atoms with van der Waals surface area (Å²) in [7, 11) is 0. The van der Waals surface area contributed by atoms with E-state index in [4.69, 9.17) is 11.6 Å². The zero-order chi connectivity index (χ0) is 13.8. The van der Waals surface area contributed by atoms with E-state index in [0.717, 1.165) is 25.8 Å². The molecule has 1 atom stereocenters. The molecule has 102 valence electrons. The first kappa shape index (κ1) is 13.8. The quantitative estimate of drug-likeness (QED) is 0.659. The lowest BCUT2D eigenvalue weighted by Gasteiger charge is -2.22. The van der Waals surface area contributed by atoms with Crippen LogP contribution >= 0.6 is 11.6 Å². The summed E-state index contributed by atoms with van der Waals surface area (Å²) in [6.07, 6.45) is 2.85. The van der Waals surface area contributed by atoms with Crippen LogP contribution in [0.4, 0.5) is 11.4 Å². The average Bonchev–Trinajstić information content (AvgIpc) is 2.41. The average molecular weight is 284 g/mol. The molecule has 2 rings (SSSR count). The molecule has 1 saturated heterocycles. The number of nitrogens with zero attached hydrogens (tertiary/aromatic N) is 1.